The van der Waals surface area contributed by atoms with Gasteiger partial charge in [0.25, 0.3) is 6.20 Å². The van der Waals surface area contributed by atoms with Crippen molar-refractivity contribution >= 4 is 28.7 Å². The largest absolute Gasteiger partial charge is 0.861 e. The molecule has 9 heteroatoms. The molecule has 1 fully saturated rings. The minimum Gasteiger partial charge on any atom is -0.861 e. The van der Waals surface area contributed by atoms with Crippen molar-refractivity contribution in [3.05, 3.63) is 6.20 Å². The van der Waals surface area contributed by atoms with Crippen LogP contribution in [0.5, 0.6) is 0 Å². The van der Waals surface area contributed by atoms with Crippen molar-refractivity contribution in [3.63, 3.8) is 0 Å². The maximum absolute atomic E-state index is 12.2. The van der Waals surface area contributed by atoms with Crippen LogP contribution in [0.3, 0.4) is 0 Å². The van der Waals surface area contributed by atoms with Gasteiger partial charge < -0.3 is 5.11 Å². The van der Waals surface area contributed by atoms with Crippen LogP contribution >= 0.6 is 11.8 Å². The van der Waals surface area contributed by atoms with Crippen LogP contribution in [0.15, 0.2) is 15.7 Å². The molecule has 1 saturated heterocycles. The second-order valence-corrected chi connectivity index (χ2v) is 8.36. The van der Waals surface area contributed by atoms with E-state index in [1.165, 1.54) is 6.92 Å². The lowest BCUT2D eigenvalue weighted by Crippen LogP contribution is -2.65. The molecule has 1 aliphatic rings. The van der Waals surface area contributed by atoms with Crippen molar-refractivity contribution in [1.29, 1.82) is 0 Å². The van der Waals surface area contributed by atoms with E-state index < -0.39 is 10.6 Å². The molecule has 1 aromatic heterocycles. The summed E-state index contributed by atoms with van der Waals surface area (Å²) in [6.45, 7) is 12.7. The first-order chi connectivity index (χ1) is 11.2. The van der Waals surface area contributed by atoms with Gasteiger partial charge in [-0.1, -0.05) is 11.8 Å². The molecule has 134 valence electrons. The molecule has 0 atom stereocenters. The predicted octanol–water partition coefficient (Wildman–Crippen LogP) is 0.0727. The molecule has 0 N–H and O–H groups in total. The summed E-state index contributed by atoms with van der Waals surface area (Å²) in [4.78, 5) is 19.2. The maximum atomic E-state index is 12.2. The maximum Gasteiger partial charge on any atom is 0.324 e. The fraction of sp³-hybridized carbons (Fsp3) is 0.733. The Morgan fingerprint density at radius 2 is 2.04 bits per heavy atom. The molecule has 0 aromatic carbocycles. The molecule has 2 heterocycles. The summed E-state index contributed by atoms with van der Waals surface area (Å²) in [7, 11) is 0. The summed E-state index contributed by atoms with van der Waals surface area (Å²) in [6.07, 6.45) is 1.59. The van der Waals surface area contributed by atoms with Gasteiger partial charge in [-0.15, -0.1) is 0 Å². The van der Waals surface area contributed by atoms with E-state index in [1.807, 2.05) is 5.01 Å². The highest BCUT2D eigenvalue weighted by Gasteiger charge is 2.27. The zero-order valence-corrected chi connectivity index (χ0v) is 15.7. The molecule has 0 spiro atoms. The van der Waals surface area contributed by atoms with Crippen LogP contribution in [0.1, 0.15) is 34.6 Å². The van der Waals surface area contributed by atoms with Crippen LogP contribution in [0.4, 0.5) is 5.88 Å². The Hall–Kier alpha value is -1.61. The van der Waals surface area contributed by atoms with Crippen molar-refractivity contribution in [2.24, 2.45) is 4.99 Å². The Balaban J connectivity index is 2.03. The fourth-order valence-electron chi connectivity index (χ4n) is 2.48. The number of rotatable bonds is 5. The van der Waals surface area contributed by atoms with Gasteiger partial charge in [0.05, 0.1) is 17.9 Å². The van der Waals surface area contributed by atoms with E-state index in [0.29, 0.717) is 6.04 Å². The lowest BCUT2D eigenvalue weighted by atomic mass is 10.2. The second-order valence-electron chi connectivity index (χ2n) is 6.56. The molecular formula is C15H25N5O3S. The number of hydrogen-bond donors (Lipinski definition) is 0. The Morgan fingerprint density at radius 3 is 2.58 bits per heavy atom. The van der Waals surface area contributed by atoms with Gasteiger partial charge in [-0.05, 0) is 33.6 Å². The quantitative estimate of drug-likeness (QED) is 0.419. The van der Waals surface area contributed by atoms with Crippen molar-refractivity contribution in [2.75, 3.05) is 31.2 Å². The van der Waals surface area contributed by atoms with E-state index in [9.17, 15) is 9.90 Å². The van der Waals surface area contributed by atoms with Crippen LogP contribution in [0.2, 0.25) is 0 Å². The number of aromatic nitrogens is 2. The Kier molecular flexibility index (Phi) is 5.87. The highest BCUT2D eigenvalue weighted by molar-refractivity contribution is 8.15. The third kappa shape index (κ3) is 4.70. The first kappa shape index (κ1) is 18.7. The van der Waals surface area contributed by atoms with Gasteiger partial charge in [0.15, 0.2) is 5.12 Å². The lowest BCUT2D eigenvalue weighted by molar-refractivity contribution is -0.759. The molecule has 0 saturated carbocycles. The molecule has 1 aliphatic heterocycles. The van der Waals surface area contributed by atoms with Crippen LogP contribution in [0.25, 0.3) is 0 Å². The monoisotopic (exact) mass is 355 g/mol. The Bertz CT molecular complexity index is 606. The van der Waals surface area contributed by atoms with Gasteiger partial charge in [-0.25, -0.2) is 4.99 Å². The second kappa shape index (κ2) is 7.52. The summed E-state index contributed by atoms with van der Waals surface area (Å²) in [5, 5.41) is 18.1. The zero-order chi connectivity index (χ0) is 17.9. The first-order valence-corrected chi connectivity index (χ1v) is 8.84. The molecule has 1 aromatic rings. The molecular weight excluding hydrogens is 330 g/mol. The number of hydrogen-bond acceptors (Lipinski definition) is 8. The minimum absolute atomic E-state index is 0.126. The molecule has 0 aliphatic carbocycles. The lowest BCUT2D eigenvalue weighted by Gasteiger charge is -2.32. The van der Waals surface area contributed by atoms with Gasteiger partial charge in [0, 0.05) is 30.8 Å². The number of thioether (sulfide) groups is 1. The van der Waals surface area contributed by atoms with Crippen LogP contribution in [0, 0.1) is 0 Å². The van der Waals surface area contributed by atoms with Crippen molar-refractivity contribution < 1.29 is 19.2 Å². The van der Waals surface area contributed by atoms with Crippen molar-refractivity contribution in [1.82, 2.24) is 10.2 Å². The fourth-order valence-corrected chi connectivity index (χ4v) is 3.33. The molecule has 0 radical (unpaired) electrons. The molecule has 24 heavy (non-hydrogen) atoms. The number of carbonyl (C=O) groups is 1. The topological polar surface area (TPSA) is 88.9 Å². The SMILES string of the molecule is CC(=O)SC(C)(C)C([O-])=Nc1c[n+](N2CCN(C(C)C)CC2)no1. The van der Waals surface area contributed by atoms with E-state index in [1.54, 1.807) is 24.8 Å². The average molecular weight is 355 g/mol. The third-order valence-corrected chi connectivity index (χ3v) is 4.85. The van der Waals surface area contributed by atoms with Crippen molar-refractivity contribution in [2.45, 2.75) is 45.4 Å². The number of aliphatic imine (C=N–C) groups is 1. The predicted molar refractivity (Wildman–Crippen MR) is 90.8 cm³/mol. The van der Waals surface area contributed by atoms with Gasteiger partial charge >= 0.3 is 5.88 Å². The number of piperazine rings is 1. The summed E-state index contributed by atoms with van der Waals surface area (Å²) in [5.41, 5.74) is 0. The number of nitrogens with zero attached hydrogens (tertiary/aromatic N) is 5. The van der Waals surface area contributed by atoms with E-state index in [0.717, 1.165) is 37.9 Å². The van der Waals surface area contributed by atoms with Crippen LogP contribution < -0.4 is 14.9 Å². The van der Waals surface area contributed by atoms with Gasteiger partial charge in [0.2, 0.25) is 5.27 Å². The van der Waals surface area contributed by atoms with E-state index in [-0.39, 0.29) is 11.0 Å². The standard InChI is InChI=1S/C15H25N5O3S/c1-11(2)18-6-8-19(9-7-18)20-10-13(23-17-20)16-14(22)15(4,5)24-12(3)21/h10-11H,6-9H2,1-5H3. The van der Waals surface area contributed by atoms with Gasteiger partial charge in [0.1, 0.15) is 0 Å². The summed E-state index contributed by atoms with van der Waals surface area (Å²) >= 11 is 0.955. The average Bonchev–Trinajstić information content (AvgIpc) is 2.94. The minimum atomic E-state index is -0.924. The highest BCUT2D eigenvalue weighted by Crippen LogP contribution is 2.26. The molecule has 8 nitrogen and oxygen atoms in total. The molecule has 0 bridgehead atoms. The summed E-state index contributed by atoms with van der Waals surface area (Å²) in [5.74, 6) is -0.279. The van der Waals surface area contributed by atoms with E-state index in [2.05, 4.69) is 29.0 Å². The Labute approximate surface area is 146 Å². The third-order valence-electron chi connectivity index (χ3n) is 3.88. The smallest absolute Gasteiger partial charge is 0.324 e. The van der Waals surface area contributed by atoms with Crippen LogP contribution in [-0.2, 0) is 4.79 Å². The Morgan fingerprint density at radius 1 is 1.42 bits per heavy atom. The molecule has 0 amide bonds. The van der Waals surface area contributed by atoms with E-state index in [4.69, 9.17) is 4.52 Å². The number of carbonyl (C=O) groups excluding carboxylic acids is 1. The zero-order valence-electron chi connectivity index (χ0n) is 14.9. The van der Waals surface area contributed by atoms with E-state index >= 15 is 0 Å². The van der Waals surface area contributed by atoms with Gasteiger partial charge in [-0.3, -0.25) is 14.2 Å². The summed E-state index contributed by atoms with van der Waals surface area (Å²) < 4.78 is 4.21. The summed E-state index contributed by atoms with van der Waals surface area (Å²) in [6, 6.07) is 0.527. The molecule has 0 unspecified atom stereocenters. The van der Waals surface area contributed by atoms with Gasteiger partial charge in [-0.2, -0.15) is 5.01 Å². The highest BCUT2D eigenvalue weighted by atomic mass is 32.2. The first-order valence-electron chi connectivity index (χ1n) is 8.03. The normalized spacial score (nSPS) is 17.6. The van der Waals surface area contributed by atoms with Crippen molar-refractivity contribution in [3.8, 4) is 0 Å². The molecule has 2 rings (SSSR count). The van der Waals surface area contributed by atoms with Crippen LogP contribution in [-0.4, -0.2) is 58.2 Å².